The maximum Gasteiger partial charge on any atom is 0.251 e. The van der Waals surface area contributed by atoms with Crippen LogP contribution in [0.25, 0.3) is 11.1 Å². The summed E-state index contributed by atoms with van der Waals surface area (Å²) >= 11 is 12.2. The van der Waals surface area contributed by atoms with Crippen molar-refractivity contribution in [1.29, 1.82) is 0 Å². The number of carbonyl (C=O) groups excluding carboxylic acids is 1. The van der Waals surface area contributed by atoms with Crippen molar-refractivity contribution in [2.75, 3.05) is 0 Å². The lowest BCUT2D eigenvalue weighted by molar-refractivity contribution is -0.113. The summed E-state index contributed by atoms with van der Waals surface area (Å²) in [6, 6.07) is 15.2. The number of hydrogen-bond acceptors (Lipinski definition) is 1. The highest BCUT2D eigenvalue weighted by atomic mass is 35.5. The molecule has 0 N–H and O–H groups in total. The minimum atomic E-state index is -1.24. The normalized spacial score (nSPS) is 15.2. The van der Waals surface area contributed by atoms with E-state index in [1.807, 2.05) is 48.5 Å². The summed E-state index contributed by atoms with van der Waals surface area (Å²) in [4.78, 5) is 10.5. The van der Waals surface area contributed by atoms with E-state index in [1.165, 1.54) is 0 Å². The highest BCUT2D eigenvalue weighted by Crippen LogP contribution is 2.52. The van der Waals surface area contributed by atoms with Crippen LogP contribution in [0.1, 0.15) is 11.1 Å². The number of hydrogen-bond donors (Lipinski definition) is 0. The molecule has 0 atom stereocenters. The Labute approximate surface area is 109 Å². The van der Waals surface area contributed by atoms with E-state index in [0.717, 1.165) is 22.3 Å². The number of fused-ring (bicyclic) bond motifs is 3. The Morgan fingerprint density at radius 1 is 0.882 bits per heavy atom. The Hall–Kier alpha value is -1.31. The zero-order valence-electron chi connectivity index (χ0n) is 8.78. The number of alkyl halides is 1. The number of rotatable bonds is 1. The molecule has 0 saturated heterocycles. The molecule has 0 unspecified atom stereocenters. The van der Waals surface area contributed by atoms with E-state index >= 15 is 0 Å². The molecule has 0 radical (unpaired) electrons. The second-order valence-corrected chi connectivity index (χ2v) is 4.93. The summed E-state index contributed by atoms with van der Waals surface area (Å²) in [5, 5.41) is -0.559. The first-order valence-electron chi connectivity index (χ1n) is 5.24. The van der Waals surface area contributed by atoms with Gasteiger partial charge < -0.3 is 0 Å². The Bertz CT molecular complexity index is 574. The van der Waals surface area contributed by atoms with Crippen LogP contribution in [0.3, 0.4) is 0 Å². The lowest BCUT2D eigenvalue weighted by Crippen LogP contribution is -2.24. The molecule has 0 amide bonds. The summed E-state index contributed by atoms with van der Waals surface area (Å²) in [6.45, 7) is 0. The predicted octanol–water partition coefficient (Wildman–Crippen LogP) is 3.91. The number of benzene rings is 2. The van der Waals surface area contributed by atoms with E-state index in [9.17, 15) is 4.79 Å². The Morgan fingerprint density at radius 3 is 1.71 bits per heavy atom. The highest BCUT2D eigenvalue weighted by Gasteiger charge is 2.46. The monoisotopic (exact) mass is 262 g/mol. The van der Waals surface area contributed by atoms with Crippen LogP contribution in [0.15, 0.2) is 48.5 Å². The summed E-state index contributed by atoms with van der Waals surface area (Å²) in [7, 11) is 0. The van der Waals surface area contributed by atoms with Gasteiger partial charge in [-0.1, -0.05) is 60.1 Å². The fourth-order valence-corrected chi connectivity index (χ4v) is 2.93. The van der Waals surface area contributed by atoms with E-state index in [2.05, 4.69) is 0 Å². The number of halogens is 2. The lowest BCUT2D eigenvalue weighted by Gasteiger charge is -2.19. The van der Waals surface area contributed by atoms with E-state index in [0.29, 0.717) is 0 Å². The molecule has 3 heteroatoms. The third kappa shape index (κ3) is 1.30. The van der Waals surface area contributed by atoms with Gasteiger partial charge in [0.2, 0.25) is 0 Å². The molecule has 3 rings (SSSR count). The Kier molecular flexibility index (Phi) is 2.29. The molecule has 0 aromatic heterocycles. The second-order valence-electron chi connectivity index (χ2n) is 4.02. The first-order chi connectivity index (χ1) is 8.15. The Morgan fingerprint density at radius 2 is 1.29 bits per heavy atom. The van der Waals surface area contributed by atoms with Crippen LogP contribution in [-0.4, -0.2) is 5.24 Å². The molecule has 1 nitrogen and oxygen atoms in total. The molecule has 0 spiro atoms. The van der Waals surface area contributed by atoms with Gasteiger partial charge in [0, 0.05) is 0 Å². The quantitative estimate of drug-likeness (QED) is 0.563. The van der Waals surface area contributed by atoms with Crippen molar-refractivity contribution in [3.8, 4) is 11.1 Å². The summed E-state index contributed by atoms with van der Waals surface area (Å²) in [5.41, 5.74) is 3.49. The molecular weight excluding hydrogens is 255 g/mol. The predicted molar refractivity (Wildman–Crippen MR) is 69.4 cm³/mol. The second kappa shape index (κ2) is 3.59. The summed E-state index contributed by atoms with van der Waals surface area (Å²) < 4.78 is 0. The summed E-state index contributed by atoms with van der Waals surface area (Å²) in [5.74, 6) is 0. The third-order valence-electron chi connectivity index (χ3n) is 3.16. The largest absolute Gasteiger partial charge is 0.278 e. The van der Waals surface area contributed by atoms with Gasteiger partial charge in [-0.2, -0.15) is 0 Å². The standard InChI is InChI=1S/C14H8Cl2O/c15-13(17)14(16)11-7-3-1-5-9(11)10-6-2-4-8-12(10)14/h1-8H. The van der Waals surface area contributed by atoms with Crippen molar-refractivity contribution in [3.63, 3.8) is 0 Å². The van der Waals surface area contributed by atoms with E-state index in [1.54, 1.807) is 0 Å². The third-order valence-corrected chi connectivity index (χ3v) is 4.12. The molecule has 84 valence electrons. The van der Waals surface area contributed by atoms with Crippen LogP contribution in [-0.2, 0) is 9.67 Å². The van der Waals surface area contributed by atoms with Gasteiger partial charge in [0.25, 0.3) is 5.24 Å². The van der Waals surface area contributed by atoms with Crippen LogP contribution in [0, 0.1) is 0 Å². The van der Waals surface area contributed by atoms with Crippen molar-refractivity contribution < 1.29 is 4.79 Å². The average Bonchev–Trinajstić information content (AvgIpc) is 2.63. The van der Waals surface area contributed by atoms with Crippen LogP contribution < -0.4 is 0 Å². The minimum Gasteiger partial charge on any atom is -0.278 e. The van der Waals surface area contributed by atoms with Gasteiger partial charge in [0.05, 0.1) is 0 Å². The topological polar surface area (TPSA) is 17.1 Å². The van der Waals surface area contributed by atoms with E-state index in [4.69, 9.17) is 23.2 Å². The van der Waals surface area contributed by atoms with Crippen LogP contribution in [0.4, 0.5) is 0 Å². The molecular formula is C14H8Cl2O. The van der Waals surface area contributed by atoms with Gasteiger partial charge in [0.1, 0.15) is 0 Å². The lowest BCUT2D eigenvalue weighted by atomic mass is 9.97. The van der Waals surface area contributed by atoms with Crippen molar-refractivity contribution in [1.82, 2.24) is 0 Å². The molecule has 1 aliphatic carbocycles. The SMILES string of the molecule is O=C(Cl)C1(Cl)c2ccccc2-c2ccccc21. The molecule has 17 heavy (non-hydrogen) atoms. The van der Waals surface area contributed by atoms with Crippen molar-refractivity contribution in [3.05, 3.63) is 59.7 Å². The molecule has 0 fully saturated rings. The molecule has 2 aromatic carbocycles. The van der Waals surface area contributed by atoms with E-state index in [-0.39, 0.29) is 0 Å². The number of carbonyl (C=O) groups is 1. The van der Waals surface area contributed by atoms with Crippen LogP contribution >= 0.6 is 23.2 Å². The van der Waals surface area contributed by atoms with Crippen LogP contribution in [0.5, 0.6) is 0 Å². The van der Waals surface area contributed by atoms with E-state index < -0.39 is 10.1 Å². The van der Waals surface area contributed by atoms with Gasteiger partial charge in [-0.3, -0.25) is 4.79 Å². The molecule has 0 heterocycles. The Balaban J connectivity index is 2.43. The van der Waals surface area contributed by atoms with Gasteiger partial charge in [0.15, 0.2) is 4.87 Å². The maximum atomic E-state index is 11.7. The van der Waals surface area contributed by atoms with Gasteiger partial charge in [-0.05, 0) is 33.9 Å². The molecule has 0 bridgehead atoms. The molecule has 0 aliphatic heterocycles. The smallest absolute Gasteiger partial charge is 0.251 e. The first-order valence-corrected chi connectivity index (χ1v) is 5.99. The van der Waals surface area contributed by atoms with Crippen molar-refractivity contribution in [2.45, 2.75) is 4.87 Å². The zero-order chi connectivity index (χ0) is 12.0. The summed E-state index contributed by atoms with van der Waals surface area (Å²) in [6.07, 6.45) is 0. The fourth-order valence-electron chi connectivity index (χ4n) is 2.39. The fraction of sp³-hybridized carbons (Fsp3) is 0.0714. The average molecular weight is 263 g/mol. The minimum absolute atomic E-state index is 0.559. The van der Waals surface area contributed by atoms with Crippen LogP contribution in [0.2, 0.25) is 0 Å². The van der Waals surface area contributed by atoms with Crippen molar-refractivity contribution >= 4 is 28.4 Å². The molecule has 2 aromatic rings. The molecule has 1 aliphatic rings. The zero-order valence-corrected chi connectivity index (χ0v) is 10.3. The maximum absolute atomic E-state index is 11.7. The highest BCUT2D eigenvalue weighted by molar-refractivity contribution is 6.71. The van der Waals surface area contributed by atoms with Gasteiger partial charge in [-0.25, -0.2) is 0 Å². The van der Waals surface area contributed by atoms with Gasteiger partial charge >= 0.3 is 0 Å². The molecule has 0 saturated carbocycles. The van der Waals surface area contributed by atoms with Gasteiger partial charge in [-0.15, -0.1) is 0 Å². The van der Waals surface area contributed by atoms with Crippen molar-refractivity contribution in [2.24, 2.45) is 0 Å². The first kappa shape index (κ1) is 10.8.